The van der Waals surface area contributed by atoms with Crippen molar-refractivity contribution in [1.29, 1.82) is 0 Å². The van der Waals surface area contributed by atoms with Gasteiger partial charge in [-0.2, -0.15) is 0 Å². The maximum atomic E-state index is 11.7. The van der Waals surface area contributed by atoms with Crippen molar-refractivity contribution >= 4 is 11.9 Å². The predicted octanol–water partition coefficient (Wildman–Crippen LogP) is 1.80. The first kappa shape index (κ1) is 14.4. The molecule has 0 radical (unpaired) electrons. The Labute approximate surface area is 109 Å². The lowest BCUT2D eigenvalue weighted by Gasteiger charge is -2.15. The normalized spacial score (nSPS) is 10.6. The summed E-state index contributed by atoms with van der Waals surface area (Å²) in [7, 11) is 1.78. The van der Waals surface area contributed by atoms with Crippen molar-refractivity contribution in [3.63, 3.8) is 0 Å². The van der Waals surface area contributed by atoms with Gasteiger partial charge in [0.15, 0.2) is 0 Å². The van der Waals surface area contributed by atoms with Crippen molar-refractivity contribution in [2.24, 2.45) is 0 Å². The highest BCUT2D eigenvalue weighted by molar-refractivity contribution is 5.80. The second kappa shape index (κ2) is 6.33. The monoisotopic (exact) mass is 250 g/mol. The number of amides is 1. The molecule has 0 saturated heterocycles. The largest absolute Gasteiger partial charge is 0.345 e. The molecule has 1 rings (SSSR count). The quantitative estimate of drug-likeness (QED) is 0.865. The van der Waals surface area contributed by atoms with E-state index in [0.717, 1.165) is 11.4 Å². The first-order valence-electron chi connectivity index (χ1n) is 6.27. The molecule has 0 aromatic carbocycles. The molecule has 5 heteroatoms. The van der Waals surface area contributed by atoms with Gasteiger partial charge < -0.3 is 10.2 Å². The van der Waals surface area contributed by atoms with Crippen LogP contribution in [0, 0.1) is 6.92 Å². The molecule has 0 spiro atoms. The van der Waals surface area contributed by atoms with E-state index in [1.54, 1.807) is 11.9 Å². The minimum atomic E-state index is 0.0358. The maximum absolute atomic E-state index is 11.7. The molecule has 0 unspecified atom stereocenters. The van der Waals surface area contributed by atoms with E-state index in [1.165, 1.54) is 0 Å². The van der Waals surface area contributed by atoms with Gasteiger partial charge in [0.25, 0.3) is 0 Å². The van der Waals surface area contributed by atoms with Crippen LogP contribution in [0.25, 0.3) is 0 Å². The minimum absolute atomic E-state index is 0.0358. The third-order valence-electron chi connectivity index (χ3n) is 2.76. The fourth-order valence-electron chi connectivity index (χ4n) is 1.43. The summed E-state index contributed by atoms with van der Waals surface area (Å²) in [5.74, 6) is 0.909. The molecular weight excluding hydrogens is 228 g/mol. The highest BCUT2D eigenvalue weighted by atomic mass is 16.2. The molecule has 1 heterocycles. The van der Waals surface area contributed by atoms with Crippen molar-refractivity contribution < 1.29 is 4.79 Å². The fourth-order valence-corrected chi connectivity index (χ4v) is 1.43. The van der Waals surface area contributed by atoms with Crippen molar-refractivity contribution in [2.75, 3.05) is 25.5 Å². The summed E-state index contributed by atoms with van der Waals surface area (Å²) in [5.41, 5.74) is 1.90. The summed E-state index contributed by atoms with van der Waals surface area (Å²) in [4.78, 5) is 22.0. The molecule has 0 fully saturated rings. The molecule has 0 atom stereocenters. The topological polar surface area (TPSA) is 58.1 Å². The van der Waals surface area contributed by atoms with Gasteiger partial charge in [0, 0.05) is 25.0 Å². The Morgan fingerprint density at radius 2 is 2.11 bits per heavy atom. The zero-order chi connectivity index (χ0) is 13.7. The summed E-state index contributed by atoms with van der Waals surface area (Å²) in [6.07, 6.45) is 0. The zero-order valence-corrected chi connectivity index (χ0v) is 11.8. The maximum Gasteiger partial charge on any atom is 0.241 e. The Morgan fingerprint density at radius 3 is 2.67 bits per heavy atom. The highest BCUT2D eigenvalue weighted by Crippen LogP contribution is 2.14. The molecule has 1 aromatic rings. The van der Waals surface area contributed by atoms with Gasteiger partial charge in [-0.05, 0) is 25.8 Å². The van der Waals surface area contributed by atoms with Crippen LogP contribution in [0.3, 0.4) is 0 Å². The van der Waals surface area contributed by atoms with Crippen LogP contribution in [-0.2, 0) is 4.79 Å². The highest BCUT2D eigenvalue weighted by Gasteiger charge is 2.09. The van der Waals surface area contributed by atoms with E-state index < -0.39 is 0 Å². The van der Waals surface area contributed by atoms with Crippen LogP contribution in [0.5, 0.6) is 0 Å². The molecule has 0 saturated carbocycles. The van der Waals surface area contributed by atoms with Crippen LogP contribution in [-0.4, -0.2) is 40.9 Å². The number of carbonyl (C=O) groups excluding carboxylic acids is 1. The van der Waals surface area contributed by atoms with Crippen molar-refractivity contribution in [3.05, 3.63) is 17.5 Å². The second-order valence-corrected chi connectivity index (χ2v) is 4.67. The first-order valence-corrected chi connectivity index (χ1v) is 6.27. The fraction of sp³-hybridized carbons (Fsp3) is 0.615. The molecule has 18 heavy (non-hydrogen) atoms. The van der Waals surface area contributed by atoms with E-state index in [1.807, 2.05) is 19.9 Å². The van der Waals surface area contributed by atoms with Gasteiger partial charge in [-0.1, -0.05) is 13.8 Å². The Morgan fingerprint density at radius 1 is 1.44 bits per heavy atom. The molecule has 100 valence electrons. The van der Waals surface area contributed by atoms with Crippen LogP contribution < -0.4 is 5.32 Å². The summed E-state index contributed by atoms with van der Waals surface area (Å²) in [5, 5.41) is 2.98. The lowest BCUT2D eigenvalue weighted by molar-refractivity contribution is -0.127. The molecular formula is C13H22N4O. The van der Waals surface area contributed by atoms with Gasteiger partial charge in [-0.3, -0.25) is 4.79 Å². The lowest BCUT2D eigenvalue weighted by Crippen LogP contribution is -2.32. The third-order valence-corrected chi connectivity index (χ3v) is 2.76. The molecule has 0 aliphatic carbocycles. The van der Waals surface area contributed by atoms with E-state index in [0.29, 0.717) is 18.4 Å². The summed E-state index contributed by atoms with van der Waals surface area (Å²) in [6.45, 7) is 8.97. The number of carbonyl (C=O) groups is 1. The van der Waals surface area contributed by atoms with Crippen LogP contribution in [0.2, 0.25) is 0 Å². The Hall–Kier alpha value is -1.65. The van der Waals surface area contributed by atoms with E-state index in [-0.39, 0.29) is 12.5 Å². The van der Waals surface area contributed by atoms with E-state index in [2.05, 4.69) is 29.1 Å². The van der Waals surface area contributed by atoms with E-state index >= 15 is 0 Å². The number of rotatable bonds is 5. The molecule has 1 aromatic heterocycles. The molecule has 1 N–H and O–H groups in total. The Bertz CT molecular complexity index is 417. The lowest BCUT2D eigenvalue weighted by atomic mass is 10.1. The first-order chi connectivity index (χ1) is 8.43. The molecule has 0 bridgehead atoms. The number of nitrogens with one attached hydrogen (secondary N) is 1. The number of hydrogen-bond acceptors (Lipinski definition) is 4. The average molecular weight is 250 g/mol. The van der Waals surface area contributed by atoms with Crippen molar-refractivity contribution in [3.8, 4) is 0 Å². The summed E-state index contributed by atoms with van der Waals surface area (Å²) in [6, 6.07) is 1.97. The van der Waals surface area contributed by atoms with Crippen LogP contribution in [0.4, 0.5) is 5.95 Å². The van der Waals surface area contributed by atoms with Gasteiger partial charge >= 0.3 is 0 Å². The van der Waals surface area contributed by atoms with Gasteiger partial charge in [0.05, 0.1) is 6.54 Å². The number of nitrogens with zero attached hydrogens (tertiary/aromatic N) is 3. The SMILES string of the molecule is CCN(C)C(=O)CNc1nc(C)cc(C(C)C)n1. The second-order valence-electron chi connectivity index (χ2n) is 4.67. The Balaban J connectivity index is 2.70. The molecule has 0 aliphatic rings. The number of aromatic nitrogens is 2. The van der Waals surface area contributed by atoms with Gasteiger partial charge in [-0.15, -0.1) is 0 Å². The standard InChI is InChI=1S/C13H22N4O/c1-6-17(5)12(18)8-14-13-15-10(4)7-11(16-13)9(2)3/h7,9H,6,8H2,1-5H3,(H,14,15,16). The smallest absolute Gasteiger partial charge is 0.241 e. The van der Waals surface area contributed by atoms with Crippen LogP contribution in [0.1, 0.15) is 38.1 Å². The predicted molar refractivity (Wildman–Crippen MR) is 72.7 cm³/mol. The molecule has 1 amide bonds. The van der Waals surface area contributed by atoms with Crippen molar-refractivity contribution in [2.45, 2.75) is 33.6 Å². The molecule has 5 nitrogen and oxygen atoms in total. The summed E-state index contributed by atoms with van der Waals surface area (Å²) >= 11 is 0. The Kier molecular flexibility index (Phi) is 5.07. The van der Waals surface area contributed by atoms with Crippen LogP contribution >= 0.6 is 0 Å². The van der Waals surface area contributed by atoms with Crippen LogP contribution in [0.15, 0.2) is 6.07 Å². The van der Waals surface area contributed by atoms with Gasteiger partial charge in [-0.25, -0.2) is 9.97 Å². The third kappa shape index (κ3) is 3.98. The number of hydrogen-bond donors (Lipinski definition) is 1. The summed E-state index contributed by atoms with van der Waals surface area (Å²) < 4.78 is 0. The zero-order valence-electron chi connectivity index (χ0n) is 11.8. The van der Waals surface area contributed by atoms with E-state index in [4.69, 9.17) is 0 Å². The number of aryl methyl sites for hydroxylation is 1. The average Bonchev–Trinajstić information content (AvgIpc) is 2.34. The van der Waals surface area contributed by atoms with Gasteiger partial charge in [0.2, 0.25) is 11.9 Å². The van der Waals surface area contributed by atoms with Gasteiger partial charge in [0.1, 0.15) is 0 Å². The van der Waals surface area contributed by atoms with Crippen molar-refractivity contribution in [1.82, 2.24) is 14.9 Å². The number of likely N-dealkylation sites (N-methyl/N-ethyl adjacent to an activating group) is 1. The molecule has 0 aliphatic heterocycles. The minimum Gasteiger partial charge on any atom is -0.345 e. The van der Waals surface area contributed by atoms with E-state index in [9.17, 15) is 4.79 Å². The number of anilines is 1.